The van der Waals surface area contributed by atoms with Crippen LogP contribution in [-0.2, 0) is 6.54 Å². The van der Waals surface area contributed by atoms with Crippen molar-refractivity contribution < 1.29 is 0 Å². The summed E-state index contributed by atoms with van der Waals surface area (Å²) in [5.74, 6) is 0.442. The van der Waals surface area contributed by atoms with Crippen molar-refractivity contribution in [3.8, 4) is 0 Å². The Kier molecular flexibility index (Phi) is 2.95. The van der Waals surface area contributed by atoms with Crippen LogP contribution in [0.5, 0.6) is 0 Å². The molecule has 0 unspecified atom stereocenters. The molecule has 0 saturated carbocycles. The second-order valence-electron chi connectivity index (χ2n) is 4.77. The molecular formula is C15H14N4O. The third-order valence-electron chi connectivity index (χ3n) is 3.16. The number of hydrogen-bond acceptors (Lipinski definition) is 4. The summed E-state index contributed by atoms with van der Waals surface area (Å²) in [6.45, 7) is 2.27. The third kappa shape index (κ3) is 2.25. The molecule has 2 heterocycles. The first kappa shape index (κ1) is 12.3. The topological polar surface area (TPSA) is 73.8 Å². The number of nitrogens with two attached hydrogens (primary N) is 1. The van der Waals surface area contributed by atoms with Crippen molar-refractivity contribution in [2.45, 2.75) is 13.5 Å². The first-order valence-electron chi connectivity index (χ1n) is 6.31. The second-order valence-corrected chi connectivity index (χ2v) is 4.77. The molecule has 5 heteroatoms. The van der Waals surface area contributed by atoms with Crippen LogP contribution in [0.4, 0.5) is 5.82 Å². The van der Waals surface area contributed by atoms with Gasteiger partial charge in [-0.25, -0.2) is 14.8 Å². The molecule has 0 amide bonds. The van der Waals surface area contributed by atoms with Gasteiger partial charge < -0.3 is 5.73 Å². The predicted molar refractivity (Wildman–Crippen MR) is 78.5 cm³/mol. The monoisotopic (exact) mass is 266 g/mol. The second kappa shape index (κ2) is 4.77. The Bertz CT molecular complexity index is 839. The predicted octanol–water partition coefficient (Wildman–Crippen LogP) is 1.73. The minimum atomic E-state index is -0.289. The van der Waals surface area contributed by atoms with E-state index in [1.165, 1.54) is 4.57 Å². The summed E-state index contributed by atoms with van der Waals surface area (Å²) in [4.78, 5) is 19.9. The maximum atomic E-state index is 11.7. The van der Waals surface area contributed by atoms with Gasteiger partial charge in [-0.15, -0.1) is 0 Å². The van der Waals surface area contributed by atoms with Crippen molar-refractivity contribution in [2.75, 3.05) is 5.73 Å². The van der Waals surface area contributed by atoms with E-state index in [4.69, 9.17) is 5.73 Å². The van der Waals surface area contributed by atoms with E-state index in [0.29, 0.717) is 12.4 Å². The first-order valence-corrected chi connectivity index (χ1v) is 6.31. The zero-order valence-corrected chi connectivity index (χ0v) is 11.1. The minimum absolute atomic E-state index is 0.289. The van der Waals surface area contributed by atoms with Crippen molar-refractivity contribution in [1.82, 2.24) is 14.5 Å². The molecule has 0 aliphatic carbocycles. The zero-order valence-electron chi connectivity index (χ0n) is 11.1. The van der Waals surface area contributed by atoms with E-state index in [2.05, 4.69) is 9.97 Å². The number of rotatable bonds is 2. The van der Waals surface area contributed by atoms with E-state index in [0.717, 1.165) is 22.0 Å². The molecule has 2 N–H and O–H groups in total. The summed E-state index contributed by atoms with van der Waals surface area (Å²) in [5, 5.41) is 1.00. The van der Waals surface area contributed by atoms with Gasteiger partial charge in [-0.05, 0) is 24.6 Å². The Balaban J connectivity index is 2.08. The Hall–Kier alpha value is -2.69. The van der Waals surface area contributed by atoms with Crippen LogP contribution in [-0.4, -0.2) is 14.5 Å². The maximum Gasteiger partial charge on any atom is 0.347 e. The highest BCUT2D eigenvalue weighted by molar-refractivity contribution is 5.81. The van der Waals surface area contributed by atoms with Gasteiger partial charge in [-0.1, -0.05) is 18.2 Å². The van der Waals surface area contributed by atoms with Crippen molar-refractivity contribution in [3.05, 3.63) is 64.3 Å². The summed E-state index contributed by atoms with van der Waals surface area (Å²) in [7, 11) is 0. The van der Waals surface area contributed by atoms with E-state index in [1.54, 1.807) is 12.4 Å². The molecule has 0 bridgehead atoms. The number of benzene rings is 1. The van der Waals surface area contributed by atoms with Crippen LogP contribution >= 0.6 is 0 Å². The first-order chi connectivity index (χ1) is 9.63. The number of hydrogen-bond donors (Lipinski definition) is 1. The lowest BCUT2D eigenvalue weighted by Crippen LogP contribution is -2.23. The molecule has 2 aromatic heterocycles. The van der Waals surface area contributed by atoms with Gasteiger partial charge in [-0.2, -0.15) is 0 Å². The molecule has 3 aromatic rings. The highest BCUT2D eigenvalue weighted by Gasteiger charge is 2.06. The van der Waals surface area contributed by atoms with Crippen LogP contribution in [0.25, 0.3) is 10.9 Å². The normalized spacial score (nSPS) is 10.8. The molecule has 0 aliphatic rings. The molecule has 3 rings (SSSR count). The van der Waals surface area contributed by atoms with Gasteiger partial charge in [0.05, 0.1) is 12.1 Å². The van der Waals surface area contributed by atoms with Crippen molar-refractivity contribution in [1.29, 1.82) is 0 Å². The van der Waals surface area contributed by atoms with Crippen LogP contribution < -0.4 is 11.4 Å². The van der Waals surface area contributed by atoms with Gasteiger partial charge in [0.15, 0.2) is 0 Å². The minimum Gasteiger partial charge on any atom is -0.383 e. The lowest BCUT2D eigenvalue weighted by Gasteiger charge is -2.09. The summed E-state index contributed by atoms with van der Waals surface area (Å²) < 4.78 is 1.54. The fourth-order valence-electron chi connectivity index (χ4n) is 2.16. The average Bonchev–Trinajstić information content (AvgIpc) is 2.43. The summed E-state index contributed by atoms with van der Waals surface area (Å²) in [6.07, 6.45) is 3.32. The Morgan fingerprint density at radius 3 is 2.95 bits per heavy atom. The molecule has 0 fully saturated rings. The Labute approximate surface area is 115 Å². The number of anilines is 1. The molecule has 0 spiro atoms. The SMILES string of the molecule is Cc1cnc(=O)n(Cc2cc3ccccc3nc2N)c1. The van der Waals surface area contributed by atoms with E-state index < -0.39 is 0 Å². The molecule has 100 valence electrons. The summed E-state index contributed by atoms with van der Waals surface area (Å²) >= 11 is 0. The number of pyridine rings is 1. The third-order valence-corrected chi connectivity index (χ3v) is 3.16. The highest BCUT2D eigenvalue weighted by atomic mass is 16.1. The molecule has 0 aliphatic heterocycles. The van der Waals surface area contributed by atoms with Gasteiger partial charge >= 0.3 is 5.69 Å². The van der Waals surface area contributed by atoms with Crippen LogP contribution in [0, 0.1) is 6.92 Å². The van der Waals surface area contributed by atoms with Crippen LogP contribution in [0.2, 0.25) is 0 Å². The van der Waals surface area contributed by atoms with E-state index >= 15 is 0 Å². The highest BCUT2D eigenvalue weighted by Crippen LogP contribution is 2.18. The molecule has 1 aromatic carbocycles. The Morgan fingerprint density at radius 2 is 2.10 bits per heavy atom. The van der Waals surface area contributed by atoms with Gasteiger partial charge in [-0.3, -0.25) is 4.57 Å². The fourth-order valence-corrected chi connectivity index (χ4v) is 2.16. The van der Waals surface area contributed by atoms with Crippen molar-refractivity contribution in [3.63, 3.8) is 0 Å². The lowest BCUT2D eigenvalue weighted by atomic mass is 10.1. The quantitative estimate of drug-likeness (QED) is 0.766. The van der Waals surface area contributed by atoms with Crippen LogP contribution in [0.1, 0.15) is 11.1 Å². The maximum absolute atomic E-state index is 11.7. The lowest BCUT2D eigenvalue weighted by molar-refractivity contribution is 0.721. The summed E-state index contributed by atoms with van der Waals surface area (Å²) in [5.41, 5.74) is 8.28. The molecule has 0 saturated heterocycles. The number of para-hydroxylation sites is 1. The van der Waals surface area contributed by atoms with Crippen molar-refractivity contribution >= 4 is 16.7 Å². The number of aromatic nitrogens is 3. The molecule has 20 heavy (non-hydrogen) atoms. The Morgan fingerprint density at radius 1 is 1.30 bits per heavy atom. The smallest absolute Gasteiger partial charge is 0.347 e. The van der Waals surface area contributed by atoms with Crippen LogP contribution in [0.15, 0.2) is 47.5 Å². The van der Waals surface area contributed by atoms with E-state index in [9.17, 15) is 4.79 Å². The number of nitrogens with zero attached hydrogens (tertiary/aromatic N) is 3. The standard InChI is InChI=1S/C15H14N4O/c1-10-7-17-15(20)19(8-10)9-12-6-11-4-2-3-5-13(11)18-14(12)16/h2-8H,9H2,1H3,(H2,16,18). The summed E-state index contributed by atoms with van der Waals surface area (Å²) in [6, 6.07) is 9.72. The average molecular weight is 266 g/mol. The molecule has 0 atom stereocenters. The fraction of sp³-hybridized carbons (Fsp3) is 0.133. The number of fused-ring (bicyclic) bond motifs is 1. The van der Waals surface area contributed by atoms with Crippen LogP contribution in [0.3, 0.4) is 0 Å². The number of nitrogen functional groups attached to an aromatic ring is 1. The van der Waals surface area contributed by atoms with Gasteiger partial charge in [0.25, 0.3) is 0 Å². The largest absolute Gasteiger partial charge is 0.383 e. The zero-order chi connectivity index (χ0) is 14.1. The molecular weight excluding hydrogens is 252 g/mol. The van der Waals surface area contributed by atoms with Gasteiger partial charge in [0.2, 0.25) is 0 Å². The van der Waals surface area contributed by atoms with E-state index in [1.807, 2.05) is 37.3 Å². The van der Waals surface area contributed by atoms with Gasteiger partial charge in [0.1, 0.15) is 5.82 Å². The number of aryl methyl sites for hydroxylation is 1. The molecule has 5 nitrogen and oxygen atoms in total. The van der Waals surface area contributed by atoms with E-state index in [-0.39, 0.29) is 5.69 Å². The molecule has 0 radical (unpaired) electrons. The van der Waals surface area contributed by atoms with Gasteiger partial charge in [0, 0.05) is 23.3 Å². The van der Waals surface area contributed by atoms with Crippen molar-refractivity contribution in [2.24, 2.45) is 0 Å².